The molecule has 0 radical (unpaired) electrons. The van der Waals surface area contributed by atoms with E-state index in [-0.39, 0.29) is 23.7 Å². The Morgan fingerprint density at radius 1 is 0.800 bits per heavy atom. The van der Waals surface area contributed by atoms with Gasteiger partial charge in [-0.1, -0.05) is 50.5 Å². The third-order valence-corrected chi connectivity index (χ3v) is 6.40. The molecule has 192 valence electrons. The molecule has 0 atom stereocenters. The van der Waals surface area contributed by atoms with Crippen molar-refractivity contribution in [1.82, 2.24) is 9.80 Å². The van der Waals surface area contributed by atoms with Gasteiger partial charge in [-0.2, -0.15) is 0 Å². The number of unbranched alkanes of at least 4 members (excludes halogenated alkanes) is 3. The first-order valence-electron chi connectivity index (χ1n) is 12.8. The molecule has 0 N–H and O–H groups in total. The predicted molar refractivity (Wildman–Crippen MR) is 133 cm³/mol. The van der Waals surface area contributed by atoms with Gasteiger partial charge in [0.05, 0.1) is 19.6 Å². The largest absolute Gasteiger partial charge is 0.466 e. The Morgan fingerprint density at radius 2 is 1.34 bits per heavy atom. The molecule has 5 nitrogen and oxygen atoms in total. The highest BCUT2D eigenvalue weighted by molar-refractivity contribution is 5.69. The second-order valence-corrected chi connectivity index (χ2v) is 9.07. The number of carbonyl (C=O) groups is 1. The fraction of sp³-hybridized carbons (Fsp3) is 0.536. The Bertz CT molecular complexity index is 823. The lowest BCUT2D eigenvalue weighted by Crippen LogP contribution is -2.47. The van der Waals surface area contributed by atoms with Crippen molar-refractivity contribution >= 4 is 5.97 Å². The molecule has 0 bridgehead atoms. The van der Waals surface area contributed by atoms with Crippen LogP contribution in [0.5, 0.6) is 0 Å². The van der Waals surface area contributed by atoms with E-state index in [0.717, 1.165) is 63.2 Å². The van der Waals surface area contributed by atoms with Gasteiger partial charge >= 0.3 is 5.97 Å². The summed E-state index contributed by atoms with van der Waals surface area (Å²) in [7, 11) is 0. The molecule has 0 spiro atoms. The molecule has 35 heavy (non-hydrogen) atoms. The van der Waals surface area contributed by atoms with E-state index in [1.165, 1.54) is 37.1 Å². The number of halogens is 2. The van der Waals surface area contributed by atoms with Crippen LogP contribution in [0.3, 0.4) is 0 Å². The van der Waals surface area contributed by atoms with Crippen LogP contribution in [0.4, 0.5) is 8.78 Å². The molecule has 0 unspecified atom stereocenters. The molecule has 1 aliphatic heterocycles. The fourth-order valence-electron chi connectivity index (χ4n) is 4.23. The number of rotatable bonds is 14. The molecule has 0 amide bonds. The van der Waals surface area contributed by atoms with Gasteiger partial charge in [0.1, 0.15) is 17.7 Å². The van der Waals surface area contributed by atoms with Gasteiger partial charge < -0.3 is 14.4 Å². The van der Waals surface area contributed by atoms with Crippen molar-refractivity contribution in [3.63, 3.8) is 0 Å². The SMILES string of the molecule is CCCCCCOC(=O)CCN1CCN(CCOC(c2ccc(F)cc2)c2ccc(F)cc2)CC1. The van der Waals surface area contributed by atoms with E-state index < -0.39 is 0 Å². The van der Waals surface area contributed by atoms with Crippen molar-refractivity contribution < 1.29 is 23.0 Å². The fourth-order valence-corrected chi connectivity index (χ4v) is 4.23. The lowest BCUT2D eigenvalue weighted by molar-refractivity contribution is -0.144. The molecule has 2 aromatic carbocycles. The van der Waals surface area contributed by atoms with Crippen LogP contribution in [0.15, 0.2) is 48.5 Å². The summed E-state index contributed by atoms with van der Waals surface area (Å²) < 4.78 is 38.3. The van der Waals surface area contributed by atoms with E-state index in [9.17, 15) is 13.6 Å². The molecular formula is C28H38F2N2O3. The average molecular weight is 489 g/mol. The smallest absolute Gasteiger partial charge is 0.307 e. The number of esters is 1. The molecule has 1 heterocycles. The van der Waals surface area contributed by atoms with Gasteiger partial charge in [-0.25, -0.2) is 8.78 Å². The Labute approximate surface area is 208 Å². The van der Waals surface area contributed by atoms with E-state index in [0.29, 0.717) is 19.6 Å². The standard InChI is InChI=1S/C28H38F2N2O3/c1-2-3-4-5-21-34-27(33)14-15-31-16-18-32(19-17-31)20-22-35-28(23-6-10-25(29)11-7-23)24-8-12-26(30)13-9-24/h6-13,28H,2-5,14-22H2,1H3. The molecule has 1 aliphatic rings. The quantitative estimate of drug-likeness (QED) is 0.270. The maximum atomic E-state index is 13.4. The van der Waals surface area contributed by atoms with Crippen molar-refractivity contribution in [3.05, 3.63) is 71.3 Å². The number of benzene rings is 2. The number of carbonyl (C=O) groups excluding carboxylic acids is 1. The maximum Gasteiger partial charge on any atom is 0.307 e. The number of hydrogen-bond donors (Lipinski definition) is 0. The summed E-state index contributed by atoms with van der Waals surface area (Å²) in [4.78, 5) is 16.6. The minimum absolute atomic E-state index is 0.107. The van der Waals surface area contributed by atoms with Crippen LogP contribution in [-0.4, -0.2) is 68.3 Å². The van der Waals surface area contributed by atoms with Crippen LogP contribution in [0.2, 0.25) is 0 Å². The Balaban J connectivity index is 1.37. The summed E-state index contributed by atoms with van der Waals surface area (Å²) in [5, 5.41) is 0. The second-order valence-electron chi connectivity index (χ2n) is 9.07. The molecular weight excluding hydrogens is 450 g/mol. The first-order chi connectivity index (χ1) is 17.0. The average Bonchev–Trinajstić information content (AvgIpc) is 2.87. The summed E-state index contributed by atoms with van der Waals surface area (Å²) in [6, 6.07) is 12.5. The minimum atomic E-state index is -0.384. The van der Waals surface area contributed by atoms with E-state index in [4.69, 9.17) is 9.47 Å². The highest BCUT2D eigenvalue weighted by Gasteiger charge is 2.19. The lowest BCUT2D eigenvalue weighted by Gasteiger charge is -2.34. The van der Waals surface area contributed by atoms with E-state index in [2.05, 4.69) is 16.7 Å². The summed E-state index contributed by atoms with van der Waals surface area (Å²) >= 11 is 0. The zero-order valence-corrected chi connectivity index (χ0v) is 20.8. The Morgan fingerprint density at radius 3 is 1.89 bits per heavy atom. The molecule has 0 saturated carbocycles. The zero-order valence-electron chi connectivity index (χ0n) is 20.8. The monoisotopic (exact) mass is 488 g/mol. The maximum absolute atomic E-state index is 13.4. The molecule has 1 saturated heterocycles. The topological polar surface area (TPSA) is 42.0 Å². The molecule has 7 heteroatoms. The highest BCUT2D eigenvalue weighted by Crippen LogP contribution is 2.26. The van der Waals surface area contributed by atoms with Crippen LogP contribution in [0.25, 0.3) is 0 Å². The van der Waals surface area contributed by atoms with Gasteiger partial charge in [0.15, 0.2) is 0 Å². The Kier molecular flexibility index (Phi) is 11.6. The summed E-state index contributed by atoms with van der Waals surface area (Å²) in [6.07, 6.45) is 4.48. The number of ether oxygens (including phenoxy) is 2. The van der Waals surface area contributed by atoms with Crippen LogP contribution < -0.4 is 0 Å². The third kappa shape index (κ3) is 9.67. The third-order valence-electron chi connectivity index (χ3n) is 6.40. The van der Waals surface area contributed by atoms with Gasteiger partial charge in [0.25, 0.3) is 0 Å². The Hall–Kier alpha value is -2.35. The first kappa shape index (κ1) is 27.2. The number of hydrogen-bond acceptors (Lipinski definition) is 5. The summed E-state index contributed by atoms with van der Waals surface area (Å²) in [5.74, 6) is -0.709. The molecule has 0 aromatic heterocycles. The molecule has 3 rings (SSSR count). The van der Waals surface area contributed by atoms with Crippen molar-refractivity contribution in [1.29, 1.82) is 0 Å². The molecule has 2 aromatic rings. The predicted octanol–water partition coefficient (Wildman–Crippen LogP) is 5.20. The van der Waals surface area contributed by atoms with Crippen molar-refractivity contribution in [2.45, 2.75) is 45.1 Å². The van der Waals surface area contributed by atoms with Gasteiger partial charge in [-0.05, 0) is 41.8 Å². The van der Waals surface area contributed by atoms with Crippen LogP contribution in [-0.2, 0) is 14.3 Å². The number of piperazine rings is 1. The van der Waals surface area contributed by atoms with E-state index >= 15 is 0 Å². The lowest BCUT2D eigenvalue weighted by atomic mass is 10.0. The van der Waals surface area contributed by atoms with Gasteiger partial charge in [0, 0.05) is 39.3 Å². The molecule has 0 aliphatic carbocycles. The number of nitrogens with zero attached hydrogens (tertiary/aromatic N) is 2. The normalized spacial score (nSPS) is 15.0. The van der Waals surface area contributed by atoms with E-state index in [1.807, 2.05) is 0 Å². The van der Waals surface area contributed by atoms with Crippen LogP contribution in [0.1, 0.15) is 56.3 Å². The zero-order chi connectivity index (χ0) is 24.9. The highest BCUT2D eigenvalue weighted by atomic mass is 19.1. The van der Waals surface area contributed by atoms with Crippen LogP contribution in [0, 0.1) is 11.6 Å². The van der Waals surface area contributed by atoms with E-state index in [1.54, 1.807) is 24.3 Å². The minimum Gasteiger partial charge on any atom is -0.466 e. The van der Waals surface area contributed by atoms with Gasteiger partial charge in [-0.15, -0.1) is 0 Å². The first-order valence-corrected chi connectivity index (χ1v) is 12.8. The van der Waals surface area contributed by atoms with Gasteiger partial charge in [-0.3, -0.25) is 9.69 Å². The summed E-state index contributed by atoms with van der Waals surface area (Å²) in [6.45, 7) is 8.33. The van der Waals surface area contributed by atoms with Crippen molar-refractivity contribution in [3.8, 4) is 0 Å². The second kappa shape index (κ2) is 14.9. The van der Waals surface area contributed by atoms with Crippen molar-refractivity contribution in [2.24, 2.45) is 0 Å². The molecule has 1 fully saturated rings. The van der Waals surface area contributed by atoms with Crippen molar-refractivity contribution in [2.75, 3.05) is 52.5 Å². The van der Waals surface area contributed by atoms with Gasteiger partial charge in [0.2, 0.25) is 0 Å². The summed E-state index contributed by atoms with van der Waals surface area (Å²) in [5.41, 5.74) is 1.67. The van der Waals surface area contributed by atoms with Crippen LogP contribution >= 0.6 is 0 Å².